The fraction of sp³-hybridized carbons (Fsp3) is 0.273. The number of hydrogen-bond donors (Lipinski definition) is 2. The predicted molar refractivity (Wildman–Crippen MR) is 54.0 cm³/mol. The standard InChI is InChI=1S/C11H11FN2/c12-11(6-13-7-11)9-5-14-10-4-2-1-3-8(9)10/h1-5,13-14H,6-7H2. The molecule has 1 aliphatic rings. The summed E-state index contributed by atoms with van der Waals surface area (Å²) >= 11 is 0. The first kappa shape index (κ1) is 8.00. The number of aromatic nitrogens is 1. The first-order chi connectivity index (χ1) is 6.80. The first-order valence-corrected chi connectivity index (χ1v) is 4.76. The maximum absolute atomic E-state index is 14.1. The zero-order valence-corrected chi connectivity index (χ0v) is 7.68. The number of benzene rings is 1. The van der Waals surface area contributed by atoms with Crippen molar-refractivity contribution in [1.82, 2.24) is 10.3 Å². The van der Waals surface area contributed by atoms with Gasteiger partial charge in [0.15, 0.2) is 5.67 Å². The molecular formula is C11H11FN2. The second-order valence-corrected chi connectivity index (χ2v) is 3.82. The fourth-order valence-corrected chi connectivity index (χ4v) is 1.98. The Labute approximate surface area is 81.1 Å². The van der Waals surface area contributed by atoms with Crippen LogP contribution in [0.1, 0.15) is 5.56 Å². The molecule has 0 atom stereocenters. The predicted octanol–water partition coefficient (Wildman–Crippen LogP) is 1.94. The number of hydrogen-bond acceptors (Lipinski definition) is 1. The molecule has 1 saturated heterocycles. The van der Waals surface area contributed by atoms with Crippen molar-refractivity contribution in [3.05, 3.63) is 36.0 Å². The third kappa shape index (κ3) is 0.930. The van der Waals surface area contributed by atoms with Crippen LogP contribution in [0.3, 0.4) is 0 Å². The van der Waals surface area contributed by atoms with Gasteiger partial charge < -0.3 is 10.3 Å². The number of fused-ring (bicyclic) bond motifs is 1. The summed E-state index contributed by atoms with van der Waals surface area (Å²) in [5, 5.41) is 3.96. The molecule has 2 aromatic rings. The minimum absolute atomic E-state index is 0.425. The van der Waals surface area contributed by atoms with Gasteiger partial charge in [0.25, 0.3) is 0 Å². The zero-order valence-electron chi connectivity index (χ0n) is 7.68. The number of H-pyrrole nitrogens is 1. The topological polar surface area (TPSA) is 27.8 Å². The van der Waals surface area contributed by atoms with E-state index in [0.29, 0.717) is 13.1 Å². The van der Waals surface area contributed by atoms with Crippen molar-refractivity contribution in [2.75, 3.05) is 13.1 Å². The lowest BCUT2D eigenvalue weighted by atomic mass is 9.90. The molecule has 0 amide bonds. The second-order valence-electron chi connectivity index (χ2n) is 3.82. The number of aromatic amines is 1. The van der Waals surface area contributed by atoms with Crippen molar-refractivity contribution >= 4 is 10.9 Å². The summed E-state index contributed by atoms with van der Waals surface area (Å²) in [5.74, 6) is 0. The van der Waals surface area contributed by atoms with Crippen molar-refractivity contribution in [3.63, 3.8) is 0 Å². The molecule has 1 aromatic carbocycles. The number of alkyl halides is 1. The first-order valence-electron chi connectivity index (χ1n) is 4.76. The van der Waals surface area contributed by atoms with E-state index in [4.69, 9.17) is 0 Å². The van der Waals surface area contributed by atoms with Crippen molar-refractivity contribution in [1.29, 1.82) is 0 Å². The van der Waals surface area contributed by atoms with Gasteiger partial charge in [0.2, 0.25) is 0 Å². The normalized spacial score (nSPS) is 19.5. The van der Waals surface area contributed by atoms with Crippen LogP contribution in [0.15, 0.2) is 30.5 Å². The van der Waals surface area contributed by atoms with Gasteiger partial charge in [-0.05, 0) is 6.07 Å². The number of nitrogens with one attached hydrogen (secondary N) is 2. The molecule has 2 heterocycles. The van der Waals surface area contributed by atoms with Gasteiger partial charge in [0.05, 0.1) is 0 Å². The highest BCUT2D eigenvalue weighted by atomic mass is 19.1. The molecule has 0 aliphatic carbocycles. The van der Waals surface area contributed by atoms with Gasteiger partial charge in [-0.3, -0.25) is 0 Å². The van der Waals surface area contributed by atoms with Gasteiger partial charge >= 0.3 is 0 Å². The van der Waals surface area contributed by atoms with Crippen LogP contribution in [0.25, 0.3) is 10.9 Å². The van der Waals surface area contributed by atoms with Gasteiger partial charge in [0.1, 0.15) is 0 Å². The number of para-hydroxylation sites is 1. The van der Waals surface area contributed by atoms with Crippen LogP contribution in [0, 0.1) is 0 Å². The average molecular weight is 190 g/mol. The Hall–Kier alpha value is -1.35. The van der Waals surface area contributed by atoms with E-state index in [9.17, 15) is 4.39 Å². The van der Waals surface area contributed by atoms with Crippen LogP contribution in [0.5, 0.6) is 0 Å². The van der Waals surface area contributed by atoms with Gasteiger partial charge in [-0.25, -0.2) is 4.39 Å². The monoisotopic (exact) mass is 190 g/mol. The Balaban J connectivity index is 2.22. The maximum atomic E-state index is 14.1. The van der Waals surface area contributed by atoms with Crippen molar-refractivity contribution < 1.29 is 4.39 Å². The van der Waals surface area contributed by atoms with E-state index in [0.717, 1.165) is 16.5 Å². The van der Waals surface area contributed by atoms with Crippen molar-refractivity contribution in [2.45, 2.75) is 5.67 Å². The van der Waals surface area contributed by atoms with Crippen LogP contribution < -0.4 is 5.32 Å². The number of halogens is 1. The summed E-state index contributed by atoms with van der Waals surface area (Å²) in [7, 11) is 0. The Morgan fingerprint density at radius 2 is 2.00 bits per heavy atom. The SMILES string of the molecule is FC1(c2c[nH]c3ccccc23)CNC1. The Kier molecular flexibility index (Phi) is 1.47. The van der Waals surface area contributed by atoms with E-state index < -0.39 is 5.67 Å². The fourth-order valence-electron chi connectivity index (χ4n) is 1.98. The molecule has 0 bridgehead atoms. The molecule has 1 aromatic heterocycles. The molecule has 1 aliphatic heterocycles. The molecule has 72 valence electrons. The molecular weight excluding hydrogens is 179 g/mol. The van der Waals surface area contributed by atoms with Gasteiger partial charge in [0, 0.05) is 35.8 Å². The Bertz CT molecular complexity index is 471. The van der Waals surface area contributed by atoms with Crippen LogP contribution >= 0.6 is 0 Å². The van der Waals surface area contributed by atoms with E-state index in [-0.39, 0.29) is 0 Å². The summed E-state index contributed by atoms with van der Waals surface area (Å²) < 4.78 is 14.1. The lowest BCUT2D eigenvalue weighted by molar-refractivity contribution is 0.0909. The second kappa shape index (κ2) is 2.58. The molecule has 3 heteroatoms. The highest BCUT2D eigenvalue weighted by Crippen LogP contribution is 2.34. The molecule has 1 fully saturated rings. The van der Waals surface area contributed by atoms with E-state index >= 15 is 0 Å². The van der Waals surface area contributed by atoms with Crippen LogP contribution in [0.2, 0.25) is 0 Å². The third-order valence-corrected chi connectivity index (χ3v) is 2.88. The van der Waals surface area contributed by atoms with Crippen LogP contribution in [0.4, 0.5) is 4.39 Å². The Morgan fingerprint density at radius 3 is 2.71 bits per heavy atom. The molecule has 0 saturated carbocycles. The summed E-state index contributed by atoms with van der Waals surface area (Å²) in [5.41, 5.74) is 0.623. The lowest BCUT2D eigenvalue weighted by Crippen LogP contribution is -2.53. The molecule has 2 nitrogen and oxygen atoms in total. The smallest absolute Gasteiger partial charge is 0.162 e. The van der Waals surface area contributed by atoms with Crippen molar-refractivity contribution in [2.24, 2.45) is 0 Å². The molecule has 0 spiro atoms. The summed E-state index contributed by atoms with van der Waals surface area (Å²) in [6.07, 6.45) is 1.78. The summed E-state index contributed by atoms with van der Waals surface area (Å²) in [4.78, 5) is 3.09. The highest BCUT2D eigenvalue weighted by molar-refractivity contribution is 5.84. The highest BCUT2D eigenvalue weighted by Gasteiger charge is 2.40. The van der Waals surface area contributed by atoms with E-state index in [2.05, 4.69) is 10.3 Å². The zero-order chi connectivity index (χ0) is 9.60. The molecule has 14 heavy (non-hydrogen) atoms. The van der Waals surface area contributed by atoms with Gasteiger partial charge in [-0.1, -0.05) is 18.2 Å². The number of rotatable bonds is 1. The quantitative estimate of drug-likeness (QED) is 0.706. The van der Waals surface area contributed by atoms with E-state index in [1.165, 1.54) is 0 Å². The molecule has 2 N–H and O–H groups in total. The largest absolute Gasteiger partial charge is 0.361 e. The van der Waals surface area contributed by atoms with Gasteiger partial charge in [-0.15, -0.1) is 0 Å². The summed E-state index contributed by atoms with van der Waals surface area (Å²) in [6, 6.07) is 7.82. The third-order valence-electron chi connectivity index (χ3n) is 2.88. The van der Waals surface area contributed by atoms with E-state index in [1.807, 2.05) is 24.3 Å². The molecule has 3 rings (SSSR count). The van der Waals surface area contributed by atoms with Crippen molar-refractivity contribution in [3.8, 4) is 0 Å². The van der Waals surface area contributed by atoms with Crippen LogP contribution in [-0.2, 0) is 5.67 Å². The molecule has 0 radical (unpaired) electrons. The summed E-state index contributed by atoms with van der Waals surface area (Å²) in [6.45, 7) is 0.851. The minimum atomic E-state index is -1.17. The average Bonchev–Trinajstić information content (AvgIpc) is 2.58. The van der Waals surface area contributed by atoms with Gasteiger partial charge in [-0.2, -0.15) is 0 Å². The molecule has 0 unspecified atom stereocenters. The van der Waals surface area contributed by atoms with E-state index in [1.54, 1.807) is 6.20 Å². The van der Waals surface area contributed by atoms with Crippen LogP contribution in [-0.4, -0.2) is 18.1 Å². The lowest BCUT2D eigenvalue weighted by Gasteiger charge is -2.34. The Morgan fingerprint density at radius 1 is 1.21 bits per heavy atom. The maximum Gasteiger partial charge on any atom is 0.162 e. The minimum Gasteiger partial charge on any atom is -0.361 e.